The SMILES string of the molecule is COc1ccc(OC)c([C@@H]2CCCN2C(=O)CCc2nnc(-c3ccc(C)cc3)o2)c1. The number of amides is 1. The van der Waals surface area contributed by atoms with Gasteiger partial charge >= 0.3 is 0 Å². The molecule has 0 spiro atoms. The molecule has 0 radical (unpaired) electrons. The van der Waals surface area contributed by atoms with Crippen LogP contribution in [0.1, 0.15) is 42.3 Å². The number of aryl methyl sites for hydroxylation is 2. The second kappa shape index (κ2) is 9.20. The van der Waals surface area contributed by atoms with E-state index in [0.717, 1.165) is 42.0 Å². The van der Waals surface area contributed by atoms with Crippen LogP contribution in [0.4, 0.5) is 0 Å². The van der Waals surface area contributed by atoms with Crippen LogP contribution in [0.3, 0.4) is 0 Å². The number of methoxy groups -OCH3 is 2. The molecule has 1 fully saturated rings. The quantitative estimate of drug-likeness (QED) is 0.564. The van der Waals surface area contributed by atoms with Gasteiger partial charge in [-0.1, -0.05) is 17.7 Å². The van der Waals surface area contributed by atoms with E-state index < -0.39 is 0 Å². The predicted octanol–water partition coefficient (Wildman–Crippen LogP) is 4.36. The minimum atomic E-state index is -0.0247. The highest BCUT2D eigenvalue weighted by atomic mass is 16.5. The summed E-state index contributed by atoms with van der Waals surface area (Å²) in [6, 6.07) is 13.6. The summed E-state index contributed by atoms with van der Waals surface area (Å²) in [5, 5.41) is 8.24. The molecular formula is C24H27N3O4. The van der Waals surface area contributed by atoms with Crippen LogP contribution in [0.2, 0.25) is 0 Å². The third kappa shape index (κ3) is 4.55. The van der Waals surface area contributed by atoms with E-state index in [1.54, 1.807) is 14.2 Å². The van der Waals surface area contributed by atoms with Crippen LogP contribution in [-0.4, -0.2) is 41.8 Å². The topological polar surface area (TPSA) is 77.7 Å². The van der Waals surface area contributed by atoms with E-state index in [-0.39, 0.29) is 11.9 Å². The predicted molar refractivity (Wildman–Crippen MR) is 116 cm³/mol. The van der Waals surface area contributed by atoms with Crippen molar-refractivity contribution in [1.29, 1.82) is 0 Å². The highest BCUT2D eigenvalue weighted by Crippen LogP contribution is 2.39. The van der Waals surface area contributed by atoms with Gasteiger partial charge in [-0.2, -0.15) is 0 Å². The van der Waals surface area contributed by atoms with Gasteiger partial charge in [0.2, 0.25) is 17.7 Å². The monoisotopic (exact) mass is 421 g/mol. The molecule has 7 heteroatoms. The molecule has 1 saturated heterocycles. The summed E-state index contributed by atoms with van der Waals surface area (Å²) in [6.45, 7) is 2.75. The molecule has 1 amide bonds. The lowest BCUT2D eigenvalue weighted by Gasteiger charge is -2.26. The summed E-state index contributed by atoms with van der Waals surface area (Å²) in [7, 11) is 3.28. The molecule has 1 aliphatic rings. The molecule has 162 valence electrons. The number of aromatic nitrogens is 2. The van der Waals surface area contributed by atoms with E-state index in [0.29, 0.717) is 24.6 Å². The van der Waals surface area contributed by atoms with Gasteiger partial charge < -0.3 is 18.8 Å². The number of nitrogens with zero attached hydrogens (tertiary/aromatic N) is 3. The molecule has 0 aliphatic carbocycles. The molecule has 0 unspecified atom stereocenters. The van der Waals surface area contributed by atoms with Crippen molar-refractivity contribution in [3.05, 3.63) is 59.5 Å². The number of rotatable bonds is 7. The maximum Gasteiger partial charge on any atom is 0.247 e. The molecule has 3 aromatic rings. The van der Waals surface area contributed by atoms with Crippen LogP contribution in [0.25, 0.3) is 11.5 Å². The van der Waals surface area contributed by atoms with Crippen molar-refractivity contribution in [2.45, 2.75) is 38.6 Å². The Bertz CT molecular complexity index is 1050. The largest absolute Gasteiger partial charge is 0.497 e. The summed E-state index contributed by atoms with van der Waals surface area (Å²) in [6.07, 6.45) is 2.58. The van der Waals surface area contributed by atoms with Crippen LogP contribution in [0.5, 0.6) is 11.5 Å². The Hall–Kier alpha value is -3.35. The first-order valence-corrected chi connectivity index (χ1v) is 10.5. The number of hydrogen-bond donors (Lipinski definition) is 0. The van der Waals surface area contributed by atoms with Gasteiger partial charge in [0.05, 0.1) is 20.3 Å². The molecule has 31 heavy (non-hydrogen) atoms. The lowest BCUT2D eigenvalue weighted by Crippen LogP contribution is -2.31. The number of benzene rings is 2. The Morgan fingerprint density at radius 3 is 2.68 bits per heavy atom. The molecule has 2 heterocycles. The Kier molecular flexibility index (Phi) is 6.21. The fourth-order valence-corrected chi connectivity index (χ4v) is 4.01. The van der Waals surface area contributed by atoms with Crippen molar-refractivity contribution in [3.8, 4) is 23.0 Å². The van der Waals surface area contributed by atoms with Crippen molar-refractivity contribution >= 4 is 5.91 Å². The number of carbonyl (C=O) groups excluding carboxylic acids is 1. The van der Waals surface area contributed by atoms with Crippen molar-refractivity contribution in [1.82, 2.24) is 15.1 Å². The third-order valence-corrected chi connectivity index (χ3v) is 5.69. The van der Waals surface area contributed by atoms with Crippen LogP contribution in [-0.2, 0) is 11.2 Å². The number of ether oxygens (including phenoxy) is 2. The van der Waals surface area contributed by atoms with Crippen molar-refractivity contribution in [3.63, 3.8) is 0 Å². The highest BCUT2D eigenvalue weighted by Gasteiger charge is 2.32. The summed E-state index contributed by atoms with van der Waals surface area (Å²) >= 11 is 0. The minimum Gasteiger partial charge on any atom is -0.497 e. The summed E-state index contributed by atoms with van der Waals surface area (Å²) in [4.78, 5) is 15.0. The molecule has 4 rings (SSSR count). The van der Waals surface area contributed by atoms with Crippen LogP contribution >= 0.6 is 0 Å². The number of likely N-dealkylation sites (tertiary alicyclic amines) is 1. The lowest BCUT2D eigenvalue weighted by atomic mass is 10.0. The maximum atomic E-state index is 13.0. The van der Waals surface area contributed by atoms with E-state index in [9.17, 15) is 4.79 Å². The van der Waals surface area contributed by atoms with Crippen LogP contribution in [0.15, 0.2) is 46.9 Å². The molecule has 7 nitrogen and oxygen atoms in total. The van der Waals surface area contributed by atoms with Gasteiger partial charge in [-0.25, -0.2) is 0 Å². The molecule has 0 bridgehead atoms. The van der Waals surface area contributed by atoms with Gasteiger partial charge in [-0.3, -0.25) is 4.79 Å². The Balaban J connectivity index is 1.43. The van der Waals surface area contributed by atoms with Gasteiger partial charge in [-0.15, -0.1) is 10.2 Å². The first-order chi connectivity index (χ1) is 15.1. The van der Waals surface area contributed by atoms with Crippen molar-refractivity contribution < 1.29 is 18.7 Å². The molecule has 1 aliphatic heterocycles. The average Bonchev–Trinajstić information content (AvgIpc) is 3.47. The van der Waals surface area contributed by atoms with Gasteiger partial charge in [0.25, 0.3) is 0 Å². The van der Waals surface area contributed by atoms with Crippen molar-refractivity contribution in [2.24, 2.45) is 0 Å². The normalized spacial score (nSPS) is 15.8. The first kappa shape index (κ1) is 20.9. The van der Waals surface area contributed by atoms with Gasteiger partial charge in [0.1, 0.15) is 11.5 Å². The van der Waals surface area contributed by atoms with Crippen LogP contribution < -0.4 is 9.47 Å². The maximum absolute atomic E-state index is 13.0. The second-order valence-corrected chi connectivity index (χ2v) is 7.72. The van der Waals surface area contributed by atoms with Gasteiger partial charge in [0.15, 0.2) is 0 Å². The first-order valence-electron chi connectivity index (χ1n) is 10.5. The van der Waals surface area contributed by atoms with Gasteiger partial charge in [-0.05, 0) is 50.1 Å². The number of carbonyl (C=O) groups is 1. The zero-order valence-corrected chi connectivity index (χ0v) is 18.1. The van der Waals surface area contributed by atoms with E-state index in [1.165, 1.54) is 5.56 Å². The highest BCUT2D eigenvalue weighted by molar-refractivity contribution is 5.77. The summed E-state index contributed by atoms with van der Waals surface area (Å²) in [5.41, 5.74) is 3.02. The average molecular weight is 421 g/mol. The minimum absolute atomic E-state index is 0.0247. The number of hydrogen-bond acceptors (Lipinski definition) is 6. The van der Waals surface area contributed by atoms with E-state index in [2.05, 4.69) is 10.2 Å². The zero-order chi connectivity index (χ0) is 21.8. The zero-order valence-electron chi connectivity index (χ0n) is 18.1. The molecule has 1 atom stereocenters. The summed E-state index contributed by atoms with van der Waals surface area (Å²) in [5.74, 6) is 2.54. The summed E-state index contributed by atoms with van der Waals surface area (Å²) < 4.78 is 16.7. The van der Waals surface area contributed by atoms with E-state index in [4.69, 9.17) is 13.9 Å². The van der Waals surface area contributed by atoms with E-state index >= 15 is 0 Å². The van der Waals surface area contributed by atoms with E-state index in [1.807, 2.05) is 54.3 Å². The Morgan fingerprint density at radius 1 is 1.13 bits per heavy atom. The smallest absolute Gasteiger partial charge is 0.247 e. The fourth-order valence-electron chi connectivity index (χ4n) is 4.01. The molecular weight excluding hydrogens is 394 g/mol. The van der Waals surface area contributed by atoms with Crippen LogP contribution in [0, 0.1) is 6.92 Å². The Labute approximate surface area is 182 Å². The molecule has 0 saturated carbocycles. The fraction of sp³-hybridized carbons (Fsp3) is 0.375. The molecule has 1 aromatic heterocycles. The lowest BCUT2D eigenvalue weighted by molar-refractivity contribution is -0.132. The second-order valence-electron chi connectivity index (χ2n) is 7.72. The van der Waals surface area contributed by atoms with Crippen molar-refractivity contribution in [2.75, 3.05) is 20.8 Å². The standard InChI is InChI=1S/C24H27N3O4/c1-16-6-8-17(9-7-16)24-26-25-22(31-24)12-13-23(28)27-14-4-5-20(27)19-15-18(29-2)10-11-21(19)30-3/h6-11,15,20H,4-5,12-14H2,1-3H3/t20-/m0/s1. The van der Waals surface area contributed by atoms with Gasteiger partial charge in [0, 0.05) is 30.5 Å². The Morgan fingerprint density at radius 2 is 1.94 bits per heavy atom. The third-order valence-electron chi connectivity index (χ3n) is 5.69. The molecule has 0 N–H and O–H groups in total. The molecule has 2 aromatic carbocycles.